The van der Waals surface area contributed by atoms with Crippen molar-refractivity contribution in [3.8, 4) is 17.2 Å². The van der Waals surface area contributed by atoms with Gasteiger partial charge < -0.3 is 19.7 Å². The summed E-state index contributed by atoms with van der Waals surface area (Å²) in [7, 11) is 0. The minimum Gasteiger partial charge on any atom is -0.490 e. The lowest BCUT2D eigenvalue weighted by Gasteiger charge is -2.32. The van der Waals surface area contributed by atoms with Crippen LogP contribution in [-0.2, 0) is 0 Å². The highest BCUT2D eigenvalue weighted by Crippen LogP contribution is 2.33. The van der Waals surface area contributed by atoms with Gasteiger partial charge in [0.05, 0.1) is 12.2 Å². The van der Waals surface area contributed by atoms with Crippen molar-refractivity contribution in [3.05, 3.63) is 54.1 Å². The van der Waals surface area contributed by atoms with E-state index >= 15 is 0 Å². The normalized spacial score (nSPS) is 14.2. The van der Waals surface area contributed by atoms with E-state index in [1.54, 1.807) is 0 Å². The number of nitrogens with one attached hydrogen (secondary N) is 1. The van der Waals surface area contributed by atoms with Gasteiger partial charge in [-0.2, -0.15) is 0 Å². The molecule has 1 saturated heterocycles. The fourth-order valence-electron chi connectivity index (χ4n) is 3.52. The maximum absolute atomic E-state index is 13.1. The van der Waals surface area contributed by atoms with Crippen LogP contribution in [0.15, 0.2) is 48.5 Å². The van der Waals surface area contributed by atoms with E-state index in [2.05, 4.69) is 12.2 Å². The van der Waals surface area contributed by atoms with Crippen LogP contribution in [0.4, 0.5) is 0 Å². The molecule has 0 aliphatic carbocycles. The number of carbonyl (C=O) groups is 1. The van der Waals surface area contributed by atoms with Crippen molar-refractivity contribution in [1.29, 1.82) is 0 Å². The third-order valence-corrected chi connectivity index (χ3v) is 5.07. The summed E-state index contributed by atoms with van der Waals surface area (Å²) in [6, 6.07) is 15.0. The second-order valence-electron chi connectivity index (χ2n) is 7.02. The Hall–Kier alpha value is -2.24. The monoisotopic (exact) mass is 418 g/mol. The van der Waals surface area contributed by atoms with Crippen LogP contribution in [-0.4, -0.2) is 43.6 Å². The smallest absolute Gasteiger partial charge is 0.257 e. The van der Waals surface area contributed by atoms with E-state index in [0.717, 1.165) is 39.0 Å². The first-order valence-electron chi connectivity index (χ1n) is 10.2. The third kappa shape index (κ3) is 6.12. The third-order valence-electron chi connectivity index (χ3n) is 5.07. The average Bonchev–Trinajstić information content (AvgIpc) is 2.74. The Morgan fingerprint density at radius 3 is 2.28 bits per heavy atom. The quantitative estimate of drug-likeness (QED) is 0.671. The number of rotatable bonds is 8. The number of halogens is 1. The Kier molecular flexibility index (Phi) is 9.29. The topological polar surface area (TPSA) is 50.8 Å². The van der Waals surface area contributed by atoms with Gasteiger partial charge in [-0.25, -0.2) is 0 Å². The maximum Gasteiger partial charge on any atom is 0.257 e. The van der Waals surface area contributed by atoms with Crippen molar-refractivity contribution < 1.29 is 14.3 Å². The zero-order chi connectivity index (χ0) is 19.8. The molecule has 1 fully saturated rings. The molecule has 1 aliphatic heterocycles. The van der Waals surface area contributed by atoms with Gasteiger partial charge in [0.25, 0.3) is 5.91 Å². The van der Waals surface area contributed by atoms with Gasteiger partial charge in [0.1, 0.15) is 5.75 Å². The molecule has 0 radical (unpaired) electrons. The molecule has 1 aliphatic rings. The molecule has 1 heterocycles. The summed E-state index contributed by atoms with van der Waals surface area (Å²) < 4.78 is 11.7. The van der Waals surface area contributed by atoms with Gasteiger partial charge in [-0.1, -0.05) is 31.2 Å². The van der Waals surface area contributed by atoms with Crippen LogP contribution in [0.3, 0.4) is 0 Å². The number of nitrogens with zero attached hydrogens (tertiary/aromatic N) is 1. The van der Waals surface area contributed by atoms with Crippen molar-refractivity contribution in [3.63, 3.8) is 0 Å². The molecule has 0 spiro atoms. The molecule has 158 valence electrons. The number of hydrogen-bond acceptors (Lipinski definition) is 4. The zero-order valence-electron chi connectivity index (χ0n) is 17.2. The van der Waals surface area contributed by atoms with Gasteiger partial charge in [0.15, 0.2) is 11.5 Å². The molecule has 3 rings (SSSR count). The maximum atomic E-state index is 13.1. The Labute approximate surface area is 179 Å². The number of hydrogen-bond donors (Lipinski definition) is 1. The fourth-order valence-corrected chi connectivity index (χ4v) is 3.52. The first-order valence-corrected chi connectivity index (χ1v) is 10.2. The second kappa shape index (κ2) is 11.7. The highest BCUT2D eigenvalue weighted by atomic mass is 35.5. The molecule has 29 heavy (non-hydrogen) atoms. The van der Waals surface area contributed by atoms with Gasteiger partial charge in [-0.3, -0.25) is 4.79 Å². The molecule has 1 N–H and O–H groups in total. The van der Waals surface area contributed by atoms with Crippen LogP contribution in [0, 0.1) is 5.92 Å². The molecular formula is C23H31ClN2O3. The Bertz CT molecular complexity index is 776. The average molecular weight is 419 g/mol. The second-order valence-corrected chi connectivity index (χ2v) is 7.02. The van der Waals surface area contributed by atoms with Crippen molar-refractivity contribution >= 4 is 18.3 Å². The largest absolute Gasteiger partial charge is 0.490 e. The first-order chi connectivity index (χ1) is 13.7. The Morgan fingerprint density at radius 2 is 1.62 bits per heavy atom. The molecule has 2 aromatic rings. The summed E-state index contributed by atoms with van der Waals surface area (Å²) in [6.07, 6.45) is 2.07. The van der Waals surface area contributed by atoms with Crippen molar-refractivity contribution in [2.24, 2.45) is 5.92 Å². The number of ether oxygens (including phenoxy) is 2. The van der Waals surface area contributed by atoms with Crippen molar-refractivity contribution in [1.82, 2.24) is 10.2 Å². The number of para-hydroxylation sites is 3. The van der Waals surface area contributed by atoms with Gasteiger partial charge in [-0.05, 0) is 63.0 Å². The Balaban J connectivity index is 0.00000300. The summed E-state index contributed by atoms with van der Waals surface area (Å²) in [4.78, 5) is 15.1. The summed E-state index contributed by atoms with van der Waals surface area (Å²) in [5.74, 6) is 2.54. The minimum absolute atomic E-state index is 0. The molecule has 0 saturated carbocycles. The van der Waals surface area contributed by atoms with Crippen LogP contribution in [0.2, 0.25) is 0 Å². The number of benzene rings is 2. The van der Waals surface area contributed by atoms with E-state index in [0.29, 0.717) is 35.3 Å². The predicted octanol–water partition coefficient (Wildman–Crippen LogP) is 4.76. The van der Waals surface area contributed by atoms with Crippen LogP contribution in [0.1, 0.15) is 37.0 Å². The van der Waals surface area contributed by atoms with E-state index in [4.69, 9.17) is 9.47 Å². The van der Waals surface area contributed by atoms with E-state index < -0.39 is 0 Å². The molecule has 0 aromatic heterocycles. The number of likely N-dealkylation sites (tertiary alicyclic amines) is 1. The first kappa shape index (κ1) is 23.0. The number of piperidine rings is 1. The lowest BCUT2D eigenvalue weighted by Crippen LogP contribution is -2.40. The van der Waals surface area contributed by atoms with Gasteiger partial charge in [0.2, 0.25) is 0 Å². The van der Waals surface area contributed by atoms with E-state index in [1.165, 1.54) is 0 Å². The number of amides is 1. The van der Waals surface area contributed by atoms with Crippen LogP contribution in [0.5, 0.6) is 17.2 Å². The van der Waals surface area contributed by atoms with Crippen molar-refractivity contribution in [2.45, 2.75) is 26.7 Å². The highest BCUT2D eigenvalue weighted by Gasteiger charge is 2.25. The summed E-state index contributed by atoms with van der Waals surface area (Å²) >= 11 is 0. The molecular weight excluding hydrogens is 388 g/mol. The van der Waals surface area contributed by atoms with Gasteiger partial charge >= 0.3 is 0 Å². The fraction of sp³-hybridized carbons (Fsp3) is 0.435. The summed E-state index contributed by atoms with van der Waals surface area (Å²) in [5.41, 5.74) is 0.596. The minimum atomic E-state index is 0. The molecule has 1 amide bonds. The summed E-state index contributed by atoms with van der Waals surface area (Å²) in [6.45, 7) is 8.23. The zero-order valence-corrected chi connectivity index (χ0v) is 18.0. The SMILES string of the molecule is CCNCC1CCN(C(=O)c2ccccc2Oc2ccccc2OCC)CC1.Cl. The van der Waals surface area contributed by atoms with Gasteiger partial charge in [-0.15, -0.1) is 12.4 Å². The molecule has 5 nitrogen and oxygen atoms in total. The van der Waals surface area contributed by atoms with Crippen molar-refractivity contribution in [2.75, 3.05) is 32.8 Å². The van der Waals surface area contributed by atoms with Crippen LogP contribution in [0.25, 0.3) is 0 Å². The number of carbonyl (C=O) groups excluding carboxylic acids is 1. The molecule has 0 atom stereocenters. The van der Waals surface area contributed by atoms with Crippen LogP contribution >= 0.6 is 12.4 Å². The predicted molar refractivity (Wildman–Crippen MR) is 119 cm³/mol. The molecule has 0 bridgehead atoms. The molecule has 6 heteroatoms. The van der Waals surface area contributed by atoms with E-state index in [-0.39, 0.29) is 18.3 Å². The summed E-state index contributed by atoms with van der Waals surface area (Å²) in [5, 5.41) is 3.41. The van der Waals surface area contributed by atoms with Crippen LogP contribution < -0.4 is 14.8 Å². The van der Waals surface area contributed by atoms with E-state index in [9.17, 15) is 4.79 Å². The molecule has 2 aromatic carbocycles. The highest BCUT2D eigenvalue weighted by molar-refractivity contribution is 5.97. The van der Waals surface area contributed by atoms with Gasteiger partial charge in [0, 0.05) is 13.1 Å². The lowest BCUT2D eigenvalue weighted by molar-refractivity contribution is 0.0687. The lowest BCUT2D eigenvalue weighted by atomic mass is 9.96. The van der Waals surface area contributed by atoms with E-state index in [1.807, 2.05) is 60.4 Å². The standard InChI is InChI=1S/C23H30N2O3.ClH/c1-3-24-17-18-13-15-25(16-14-18)23(26)19-9-5-6-10-20(19)28-22-12-8-7-11-21(22)27-4-2;/h5-12,18,24H,3-4,13-17H2,1-2H3;1H. The molecule has 0 unspecified atom stereocenters. The Morgan fingerprint density at radius 1 is 1.00 bits per heavy atom.